The van der Waals surface area contributed by atoms with Gasteiger partial charge in [0.15, 0.2) is 0 Å². The average molecular weight is 220 g/mol. The number of hydrogen-bond donors (Lipinski definition) is 2. The van der Waals surface area contributed by atoms with Crippen LogP contribution in [0.25, 0.3) is 0 Å². The SMILES string of the molecule is COCc1ccccc1C1NCCNC1=O. The van der Waals surface area contributed by atoms with E-state index in [2.05, 4.69) is 10.6 Å². The third-order valence-electron chi connectivity index (χ3n) is 2.70. The molecule has 4 heteroatoms. The van der Waals surface area contributed by atoms with Gasteiger partial charge in [0.05, 0.1) is 6.61 Å². The Bertz CT molecular complexity index is 379. The minimum absolute atomic E-state index is 0.0369. The molecule has 0 radical (unpaired) electrons. The van der Waals surface area contributed by atoms with Crippen LogP contribution in [-0.4, -0.2) is 26.1 Å². The third-order valence-corrected chi connectivity index (χ3v) is 2.70. The van der Waals surface area contributed by atoms with Gasteiger partial charge in [0.1, 0.15) is 6.04 Å². The fraction of sp³-hybridized carbons (Fsp3) is 0.417. The smallest absolute Gasteiger partial charge is 0.241 e. The van der Waals surface area contributed by atoms with Gasteiger partial charge in [-0.2, -0.15) is 0 Å². The van der Waals surface area contributed by atoms with Crippen LogP contribution in [-0.2, 0) is 16.1 Å². The highest BCUT2D eigenvalue weighted by atomic mass is 16.5. The molecule has 1 aliphatic rings. The zero-order chi connectivity index (χ0) is 11.4. The van der Waals surface area contributed by atoms with Crippen LogP contribution in [0.5, 0.6) is 0 Å². The minimum atomic E-state index is -0.250. The summed E-state index contributed by atoms with van der Waals surface area (Å²) in [4.78, 5) is 11.7. The van der Waals surface area contributed by atoms with Crippen molar-refractivity contribution in [2.75, 3.05) is 20.2 Å². The number of ether oxygens (including phenoxy) is 1. The topological polar surface area (TPSA) is 50.4 Å². The molecule has 1 aromatic rings. The second-order valence-corrected chi connectivity index (χ2v) is 3.81. The molecule has 16 heavy (non-hydrogen) atoms. The zero-order valence-electron chi connectivity index (χ0n) is 9.32. The molecule has 0 aliphatic carbocycles. The first-order valence-electron chi connectivity index (χ1n) is 5.41. The van der Waals surface area contributed by atoms with E-state index < -0.39 is 0 Å². The highest BCUT2D eigenvalue weighted by Crippen LogP contribution is 2.20. The van der Waals surface area contributed by atoms with E-state index in [4.69, 9.17) is 4.74 Å². The number of rotatable bonds is 3. The highest BCUT2D eigenvalue weighted by molar-refractivity contribution is 5.84. The Balaban J connectivity index is 2.27. The van der Waals surface area contributed by atoms with Crippen molar-refractivity contribution in [2.24, 2.45) is 0 Å². The number of hydrogen-bond acceptors (Lipinski definition) is 3. The summed E-state index contributed by atoms with van der Waals surface area (Å²) in [7, 11) is 1.66. The molecule has 0 saturated carbocycles. The summed E-state index contributed by atoms with van der Waals surface area (Å²) in [6.45, 7) is 2.03. The summed E-state index contributed by atoms with van der Waals surface area (Å²) in [6.07, 6.45) is 0. The number of amides is 1. The average Bonchev–Trinajstić information content (AvgIpc) is 2.31. The Morgan fingerprint density at radius 2 is 2.19 bits per heavy atom. The number of benzene rings is 1. The van der Waals surface area contributed by atoms with E-state index in [9.17, 15) is 4.79 Å². The van der Waals surface area contributed by atoms with Gasteiger partial charge in [0.2, 0.25) is 5.91 Å². The van der Waals surface area contributed by atoms with E-state index in [0.717, 1.165) is 17.7 Å². The first kappa shape index (κ1) is 11.1. The lowest BCUT2D eigenvalue weighted by Gasteiger charge is -2.25. The minimum Gasteiger partial charge on any atom is -0.380 e. The van der Waals surface area contributed by atoms with Gasteiger partial charge in [-0.25, -0.2) is 0 Å². The van der Waals surface area contributed by atoms with Crippen LogP contribution in [0.2, 0.25) is 0 Å². The third kappa shape index (κ3) is 2.23. The van der Waals surface area contributed by atoms with Gasteiger partial charge >= 0.3 is 0 Å². The number of methoxy groups -OCH3 is 1. The van der Waals surface area contributed by atoms with Crippen molar-refractivity contribution in [3.8, 4) is 0 Å². The fourth-order valence-corrected chi connectivity index (χ4v) is 1.95. The Morgan fingerprint density at radius 1 is 1.38 bits per heavy atom. The van der Waals surface area contributed by atoms with Crippen LogP contribution in [0.4, 0.5) is 0 Å². The zero-order valence-corrected chi connectivity index (χ0v) is 9.32. The first-order chi connectivity index (χ1) is 7.83. The number of carbonyl (C=O) groups excluding carboxylic acids is 1. The molecule has 0 bridgehead atoms. The summed E-state index contributed by atoms with van der Waals surface area (Å²) >= 11 is 0. The molecular weight excluding hydrogens is 204 g/mol. The molecule has 2 N–H and O–H groups in total. The van der Waals surface area contributed by atoms with Crippen LogP contribution in [0.3, 0.4) is 0 Å². The molecule has 86 valence electrons. The second-order valence-electron chi connectivity index (χ2n) is 3.81. The Labute approximate surface area is 95.0 Å². The van der Waals surface area contributed by atoms with Gasteiger partial charge in [0.25, 0.3) is 0 Å². The van der Waals surface area contributed by atoms with Crippen LogP contribution in [0, 0.1) is 0 Å². The molecule has 1 heterocycles. The van der Waals surface area contributed by atoms with E-state index in [1.54, 1.807) is 7.11 Å². The second kappa shape index (κ2) is 5.09. The first-order valence-corrected chi connectivity index (χ1v) is 5.41. The van der Waals surface area contributed by atoms with E-state index in [-0.39, 0.29) is 11.9 Å². The van der Waals surface area contributed by atoms with Gasteiger partial charge < -0.3 is 15.4 Å². The van der Waals surface area contributed by atoms with Crippen molar-refractivity contribution in [1.82, 2.24) is 10.6 Å². The predicted molar refractivity (Wildman–Crippen MR) is 60.9 cm³/mol. The quantitative estimate of drug-likeness (QED) is 0.784. The normalized spacial score (nSPS) is 20.6. The summed E-state index contributed by atoms with van der Waals surface area (Å²) in [5, 5.41) is 6.07. The molecule has 1 saturated heterocycles. The van der Waals surface area contributed by atoms with Crippen molar-refractivity contribution in [3.63, 3.8) is 0 Å². The maximum absolute atomic E-state index is 11.7. The summed E-state index contributed by atoms with van der Waals surface area (Å²) < 4.78 is 5.14. The van der Waals surface area contributed by atoms with Crippen LogP contribution in [0.1, 0.15) is 17.2 Å². The van der Waals surface area contributed by atoms with Crippen LogP contribution < -0.4 is 10.6 Å². The van der Waals surface area contributed by atoms with Gasteiger partial charge in [0, 0.05) is 20.2 Å². The van der Waals surface area contributed by atoms with E-state index in [1.165, 1.54) is 0 Å². The Morgan fingerprint density at radius 3 is 2.94 bits per heavy atom. The Kier molecular flexibility index (Phi) is 3.54. The van der Waals surface area contributed by atoms with Crippen molar-refractivity contribution >= 4 is 5.91 Å². The van der Waals surface area contributed by atoms with Crippen LogP contribution >= 0.6 is 0 Å². The van der Waals surface area contributed by atoms with Gasteiger partial charge in [-0.3, -0.25) is 4.79 Å². The highest BCUT2D eigenvalue weighted by Gasteiger charge is 2.24. The molecular formula is C12H16N2O2. The summed E-state index contributed by atoms with van der Waals surface area (Å²) in [5.41, 5.74) is 2.06. The van der Waals surface area contributed by atoms with E-state index in [1.807, 2.05) is 24.3 Å². The summed E-state index contributed by atoms with van der Waals surface area (Å²) in [6, 6.07) is 7.61. The largest absolute Gasteiger partial charge is 0.380 e. The molecule has 1 unspecified atom stereocenters. The molecule has 1 amide bonds. The lowest BCUT2D eigenvalue weighted by atomic mass is 9.99. The van der Waals surface area contributed by atoms with E-state index in [0.29, 0.717) is 13.2 Å². The maximum atomic E-state index is 11.7. The molecule has 1 fully saturated rings. The molecule has 1 aromatic carbocycles. The van der Waals surface area contributed by atoms with Crippen molar-refractivity contribution in [1.29, 1.82) is 0 Å². The fourth-order valence-electron chi connectivity index (χ4n) is 1.95. The van der Waals surface area contributed by atoms with E-state index >= 15 is 0 Å². The lowest BCUT2D eigenvalue weighted by Crippen LogP contribution is -2.47. The molecule has 2 rings (SSSR count). The lowest BCUT2D eigenvalue weighted by molar-refractivity contribution is -0.124. The van der Waals surface area contributed by atoms with Gasteiger partial charge in [-0.1, -0.05) is 24.3 Å². The summed E-state index contributed by atoms with van der Waals surface area (Å²) in [5.74, 6) is 0.0369. The predicted octanol–water partition coefficient (Wildman–Crippen LogP) is 0.594. The monoisotopic (exact) mass is 220 g/mol. The number of piperazine rings is 1. The maximum Gasteiger partial charge on any atom is 0.241 e. The standard InChI is InChI=1S/C12H16N2O2/c1-16-8-9-4-2-3-5-10(9)11-12(15)14-7-6-13-11/h2-5,11,13H,6-8H2,1H3,(H,14,15). The van der Waals surface area contributed by atoms with Crippen LogP contribution in [0.15, 0.2) is 24.3 Å². The molecule has 4 nitrogen and oxygen atoms in total. The molecule has 0 spiro atoms. The molecule has 0 aromatic heterocycles. The Hall–Kier alpha value is -1.39. The number of carbonyl (C=O) groups is 1. The van der Waals surface area contributed by atoms with Crippen molar-refractivity contribution in [2.45, 2.75) is 12.6 Å². The molecule has 1 aliphatic heterocycles. The van der Waals surface area contributed by atoms with Crippen molar-refractivity contribution < 1.29 is 9.53 Å². The number of nitrogens with one attached hydrogen (secondary N) is 2. The molecule has 1 atom stereocenters. The van der Waals surface area contributed by atoms with Gasteiger partial charge in [-0.05, 0) is 11.1 Å². The van der Waals surface area contributed by atoms with Crippen molar-refractivity contribution in [3.05, 3.63) is 35.4 Å². The van der Waals surface area contributed by atoms with Gasteiger partial charge in [-0.15, -0.1) is 0 Å².